The van der Waals surface area contributed by atoms with Gasteiger partial charge in [-0.05, 0) is 50.9 Å². The normalized spacial score (nSPS) is 10.7. The Morgan fingerprint density at radius 3 is 2.79 bits per heavy atom. The fourth-order valence-electron chi connectivity index (χ4n) is 1.34. The van der Waals surface area contributed by atoms with E-state index in [1.807, 2.05) is 6.07 Å². The fourth-order valence-corrected chi connectivity index (χ4v) is 2.47. The van der Waals surface area contributed by atoms with Crippen LogP contribution in [0.25, 0.3) is 0 Å². The Hall–Kier alpha value is -0.0500. The molecule has 0 fully saturated rings. The van der Waals surface area contributed by atoms with Crippen LogP contribution in [0.5, 0.6) is 0 Å². The molecule has 0 aromatic carbocycles. The fraction of sp³-hybridized carbons (Fsp3) is 0.636. The maximum atomic E-state index is 5.85. The van der Waals surface area contributed by atoms with E-state index in [1.165, 1.54) is 30.6 Å². The summed E-state index contributed by atoms with van der Waals surface area (Å²) in [7, 11) is 0. The van der Waals surface area contributed by atoms with Crippen molar-refractivity contribution in [2.75, 3.05) is 13.1 Å². The molecule has 0 aliphatic carbocycles. The topological polar surface area (TPSA) is 12.0 Å². The first-order valence-electron chi connectivity index (χ1n) is 5.28. The summed E-state index contributed by atoms with van der Waals surface area (Å²) >= 11 is 7.55. The number of nitrogens with one attached hydrogen (secondary N) is 1. The summed E-state index contributed by atoms with van der Waals surface area (Å²) in [4.78, 5) is 1.41. The van der Waals surface area contributed by atoms with Crippen molar-refractivity contribution in [2.24, 2.45) is 0 Å². The van der Waals surface area contributed by atoms with Crippen LogP contribution in [0.15, 0.2) is 12.1 Å². The van der Waals surface area contributed by atoms with Crippen LogP contribution in [0.1, 0.15) is 31.1 Å². The van der Waals surface area contributed by atoms with Gasteiger partial charge in [0.05, 0.1) is 4.34 Å². The molecule has 1 aromatic heterocycles. The van der Waals surface area contributed by atoms with E-state index < -0.39 is 0 Å². The van der Waals surface area contributed by atoms with Crippen molar-refractivity contribution >= 4 is 22.9 Å². The molecule has 0 aliphatic heterocycles. The Balaban J connectivity index is 1.99. The Bertz CT molecular complexity index is 247. The van der Waals surface area contributed by atoms with Gasteiger partial charge < -0.3 is 5.32 Å². The van der Waals surface area contributed by atoms with Crippen LogP contribution in [-0.2, 0) is 6.42 Å². The van der Waals surface area contributed by atoms with E-state index in [2.05, 4.69) is 18.3 Å². The zero-order valence-corrected chi connectivity index (χ0v) is 10.3. The highest BCUT2D eigenvalue weighted by atomic mass is 35.5. The smallest absolute Gasteiger partial charge is 0.0931 e. The zero-order valence-electron chi connectivity index (χ0n) is 8.68. The lowest BCUT2D eigenvalue weighted by Gasteiger charge is -2.01. The van der Waals surface area contributed by atoms with Gasteiger partial charge in [0.1, 0.15) is 0 Å². The molecule has 1 rings (SSSR count). The lowest BCUT2D eigenvalue weighted by molar-refractivity contribution is 0.618. The summed E-state index contributed by atoms with van der Waals surface area (Å²) in [6.45, 7) is 4.48. The number of rotatable bonds is 7. The number of aryl methyl sites for hydroxylation is 1. The predicted octanol–water partition coefficient (Wildman–Crippen LogP) is 3.72. The van der Waals surface area contributed by atoms with Crippen molar-refractivity contribution in [1.29, 1.82) is 0 Å². The first-order chi connectivity index (χ1) is 6.83. The van der Waals surface area contributed by atoms with Crippen LogP contribution in [-0.4, -0.2) is 13.1 Å². The molecule has 3 heteroatoms. The van der Waals surface area contributed by atoms with Gasteiger partial charge in [0.2, 0.25) is 0 Å². The average molecular weight is 232 g/mol. The van der Waals surface area contributed by atoms with E-state index in [-0.39, 0.29) is 0 Å². The second-order valence-electron chi connectivity index (χ2n) is 3.41. The van der Waals surface area contributed by atoms with Crippen molar-refractivity contribution in [2.45, 2.75) is 32.6 Å². The van der Waals surface area contributed by atoms with Crippen LogP contribution in [0.4, 0.5) is 0 Å². The zero-order chi connectivity index (χ0) is 10.2. The summed E-state index contributed by atoms with van der Waals surface area (Å²) in [6.07, 6.45) is 4.91. The molecule has 0 radical (unpaired) electrons. The van der Waals surface area contributed by atoms with Crippen LogP contribution in [0.3, 0.4) is 0 Å². The quantitative estimate of drug-likeness (QED) is 0.706. The van der Waals surface area contributed by atoms with Gasteiger partial charge >= 0.3 is 0 Å². The van der Waals surface area contributed by atoms with Crippen molar-refractivity contribution in [3.8, 4) is 0 Å². The van der Waals surface area contributed by atoms with Crippen LogP contribution in [0, 0.1) is 0 Å². The third-order valence-electron chi connectivity index (χ3n) is 2.08. The summed E-state index contributed by atoms with van der Waals surface area (Å²) < 4.78 is 0.907. The first-order valence-corrected chi connectivity index (χ1v) is 6.47. The van der Waals surface area contributed by atoms with Crippen LogP contribution >= 0.6 is 22.9 Å². The molecular weight excluding hydrogens is 214 g/mol. The van der Waals surface area contributed by atoms with Gasteiger partial charge in [-0.15, -0.1) is 11.3 Å². The molecule has 0 amide bonds. The second-order valence-corrected chi connectivity index (χ2v) is 5.21. The van der Waals surface area contributed by atoms with Gasteiger partial charge in [-0.25, -0.2) is 0 Å². The molecule has 0 spiro atoms. The average Bonchev–Trinajstić information content (AvgIpc) is 2.58. The predicted molar refractivity (Wildman–Crippen MR) is 65.4 cm³/mol. The second kappa shape index (κ2) is 7.27. The van der Waals surface area contributed by atoms with E-state index in [0.29, 0.717) is 0 Å². The minimum Gasteiger partial charge on any atom is -0.317 e. The highest BCUT2D eigenvalue weighted by molar-refractivity contribution is 7.16. The van der Waals surface area contributed by atoms with E-state index in [0.717, 1.165) is 17.4 Å². The summed E-state index contributed by atoms with van der Waals surface area (Å²) in [6, 6.07) is 4.11. The number of hydrogen-bond donors (Lipinski definition) is 1. The van der Waals surface area contributed by atoms with E-state index in [4.69, 9.17) is 11.6 Å². The lowest BCUT2D eigenvalue weighted by Crippen LogP contribution is -2.15. The molecule has 0 unspecified atom stereocenters. The Kier molecular flexibility index (Phi) is 6.24. The molecule has 0 saturated carbocycles. The molecule has 0 bridgehead atoms. The van der Waals surface area contributed by atoms with Crippen molar-refractivity contribution in [3.05, 3.63) is 21.3 Å². The number of thiophene rings is 1. The first kappa shape index (κ1) is 12.0. The molecule has 80 valence electrons. The molecule has 0 atom stereocenters. The van der Waals surface area contributed by atoms with E-state index >= 15 is 0 Å². The number of hydrogen-bond acceptors (Lipinski definition) is 2. The molecular formula is C11H18ClNS. The Morgan fingerprint density at radius 2 is 2.14 bits per heavy atom. The number of halogens is 1. The maximum Gasteiger partial charge on any atom is 0.0931 e. The van der Waals surface area contributed by atoms with Gasteiger partial charge in [-0.1, -0.05) is 18.5 Å². The number of unbranched alkanes of at least 4 members (excludes halogenated alkanes) is 1. The van der Waals surface area contributed by atoms with Crippen molar-refractivity contribution in [3.63, 3.8) is 0 Å². The molecule has 1 N–H and O–H groups in total. The SMILES string of the molecule is CCCNCCCCc1ccc(Cl)s1. The third-order valence-corrected chi connectivity index (χ3v) is 3.37. The van der Waals surface area contributed by atoms with Crippen molar-refractivity contribution in [1.82, 2.24) is 5.32 Å². The molecule has 1 aromatic rings. The Labute approximate surface area is 95.5 Å². The summed E-state index contributed by atoms with van der Waals surface area (Å²) in [5, 5.41) is 3.40. The van der Waals surface area contributed by atoms with Gasteiger partial charge in [-0.2, -0.15) is 0 Å². The largest absolute Gasteiger partial charge is 0.317 e. The van der Waals surface area contributed by atoms with E-state index in [1.54, 1.807) is 11.3 Å². The highest BCUT2D eigenvalue weighted by Gasteiger charge is 1.97. The monoisotopic (exact) mass is 231 g/mol. The van der Waals surface area contributed by atoms with Crippen LogP contribution < -0.4 is 5.32 Å². The molecule has 1 nitrogen and oxygen atoms in total. The van der Waals surface area contributed by atoms with E-state index in [9.17, 15) is 0 Å². The Morgan fingerprint density at radius 1 is 1.29 bits per heavy atom. The van der Waals surface area contributed by atoms with Crippen LogP contribution in [0.2, 0.25) is 4.34 Å². The van der Waals surface area contributed by atoms with Gasteiger partial charge in [0.15, 0.2) is 0 Å². The standard InChI is InChI=1S/C11H18ClNS/c1-2-8-13-9-4-3-5-10-6-7-11(12)14-10/h6-7,13H,2-5,8-9H2,1H3. The molecule has 0 aliphatic rings. The lowest BCUT2D eigenvalue weighted by atomic mass is 10.2. The van der Waals surface area contributed by atoms with Gasteiger partial charge in [-0.3, -0.25) is 0 Å². The highest BCUT2D eigenvalue weighted by Crippen LogP contribution is 2.22. The van der Waals surface area contributed by atoms with Gasteiger partial charge in [0, 0.05) is 4.88 Å². The minimum absolute atomic E-state index is 0.907. The maximum absolute atomic E-state index is 5.85. The summed E-state index contributed by atoms with van der Waals surface area (Å²) in [5.74, 6) is 0. The third kappa shape index (κ3) is 4.99. The molecule has 0 saturated heterocycles. The van der Waals surface area contributed by atoms with Crippen molar-refractivity contribution < 1.29 is 0 Å². The minimum atomic E-state index is 0.907. The van der Waals surface area contributed by atoms with Gasteiger partial charge in [0.25, 0.3) is 0 Å². The molecule has 1 heterocycles. The summed E-state index contributed by atoms with van der Waals surface area (Å²) in [5.41, 5.74) is 0. The molecule has 14 heavy (non-hydrogen) atoms.